The predicted octanol–water partition coefficient (Wildman–Crippen LogP) is 3.97. The monoisotopic (exact) mass is 384 g/mol. The van der Waals surface area contributed by atoms with Gasteiger partial charge in [-0.15, -0.1) is 0 Å². The Morgan fingerprint density at radius 1 is 1.12 bits per heavy atom. The molecule has 1 atom stereocenters. The van der Waals surface area contributed by atoms with Gasteiger partial charge in [-0.3, -0.25) is 9.59 Å². The quantitative estimate of drug-likeness (QED) is 0.819. The third-order valence-electron chi connectivity index (χ3n) is 3.61. The molecule has 0 spiro atoms. The number of rotatable bonds is 5. The molecule has 0 saturated heterocycles. The first-order chi connectivity index (χ1) is 12.2. The number of halogens is 4. The Labute approximate surface area is 153 Å². The van der Waals surface area contributed by atoms with Gasteiger partial charge in [-0.1, -0.05) is 23.7 Å². The van der Waals surface area contributed by atoms with Gasteiger partial charge in [0.05, 0.1) is 18.2 Å². The van der Waals surface area contributed by atoms with Crippen LogP contribution in [0.5, 0.6) is 0 Å². The fourth-order valence-corrected chi connectivity index (χ4v) is 2.35. The molecule has 4 nitrogen and oxygen atoms in total. The van der Waals surface area contributed by atoms with Crippen molar-refractivity contribution in [2.24, 2.45) is 0 Å². The van der Waals surface area contributed by atoms with E-state index in [9.17, 15) is 22.8 Å². The van der Waals surface area contributed by atoms with Gasteiger partial charge in [-0.25, -0.2) is 0 Å². The van der Waals surface area contributed by atoms with Crippen LogP contribution in [0.1, 0.15) is 34.5 Å². The molecule has 0 fully saturated rings. The van der Waals surface area contributed by atoms with Crippen LogP contribution in [0.4, 0.5) is 13.2 Å². The van der Waals surface area contributed by atoms with Crippen molar-refractivity contribution in [1.29, 1.82) is 0 Å². The molecule has 2 amide bonds. The Kier molecular flexibility index (Phi) is 6.26. The molecule has 0 aliphatic heterocycles. The van der Waals surface area contributed by atoms with Crippen LogP contribution >= 0.6 is 11.6 Å². The molecule has 0 aliphatic rings. The van der Waals surface area contributed by atoms with Crippen LogP contribution in [0, 0.1) is 0 Å². The van der Waals surface area contributed by atoms with Gasteiger partial charge in [0.25, 0.3) is 5.91 Å². The highest BCUT2D eigenvalue weighted by molar-refractivity contribution is 6.30. The molecule has 1 unspecified atom stereocenters. The zero-order valence-corrected chi connectivity index (χ0v) is 14.5. The summed E-state index contributed by atoms with van der Waals surface area (Å²) in [4.78, 5) is 23.8. The summed E-state index contributed by atoms with van der Waals surface area (Å²) in [5.74, 6) is -0.972. The van der Waals surface area contributed by atoms with Crippen LogP contribution in [0.25, 0.3) is 0 Å². The summed E-state index contributed by atoms with van der Waals surface area (Å²) >= 11 is 5.73. The molecule has 0 saturated carbocycles. The van der Waals surface area contributed by atoms with Crippen molar-refractivity contribution >= 4 is 23.4 Å². The summed E-state index contributed by atoms with van der Waals surface area (Å²) in [6.07, 6.45) is -4.45. The highest BCUT2D eigenvalue weighted by Crippen LogP contribution is 2.30. The Morgan fingerprint density at radius 3 is 2.38 bits per heavy atom. The van der Waals surface area contributed by atoms with Gasteiger partial charge in [-0.2, -0.15) is 13.2 Å². The number of hydrogen-bond donors (Lipinski definition) is 2. The molecular weight excluding hydrogens is 369 g/mol. The lowest BCUT2D eigenvalue weighted by atomic mass is 10.0. The van der Waals surface area contributed by atoms with Crippen LogP contribution in [0.15, 0.2) is 48.5 Å². The third-order valence-corrected chi connectivity index (χ3v) is 3.86. The first kappa shape index (κ1) is 19.8. The van der Waals surface area contributed by atoms with E-state index in [0.29, 0.717) is 16.1 Å². The van der Waals surface area contributed by atoms with E-state index in [1.165, 1.54) is 24.3 Å². The second-order valence-corrected chi connectivity index (χ2v) is 6.04. The highest BCUT2D eigenvalue weighted by atomic mass is 35.5. The smallest absolute Gasteiger partial charge is 0.348 e. The zero-order chi connectivity index (χ0) is 19.3. The van der Waals surface area contributed by atoms with Crippen molar-refractivity contribution in [3.63, 3.8) is 0 Å². The van der Waals surface area contributed by atoms with E-state index >= 15 is 0 Å². The maximum Gasteiger partial charge on any atom is 0.416 e. The van der Waals surface area contributed by atoms with Gasteiger partial charge in [-0.05, 0) is 48.9 Å². The third kappa shape index (κ3) is 5.49. The molecule has 0 radical (unpaired) electrons. The minimum atomic E-state index is -4.45. The minimum absolute atomic E-state index is 0.301. The fraction of sp³-hybridized carbons (Fsp3) is 0.222. The first-order valence-electron chi connectivity index (χ1n) is 7.67. The van der Waals surface area contributed by atoms with Gasteiger partial charge >= 0.3 is 6.18 Å². The van der Waals surface area contributed by atoms with Crippen LogP contribution in [-0.4, -0.2) is 18.4 Å². The lowest BCUT2D eigenvalue weighted by Crippen LogP contribution is -2.38. The molecule has 2 aromatic carbocycles. The van der Waals surface area contributed by atoms with Gasteiger partial charge in [0.15, 0.2) is 0 Å². The topological polar surface area (TPSA) is 58.2 Å². The number of alkyl halides is 3. The number of hydrogen-bond acceptors (Lipinski definition) is 2. The number of nitrogens with one attached hydrogen (secondary N) is 2. The summed E-state index contributed by atoms with van der Waals surface area (Å²) < 4.78 is 38.2. The second-order valence-electron chi connectivity index (χ2n) is 5.60. The van der Waals surface area contributed by atoms with Crippen molar-refractivity contribution < 1.29 is 22.8 Å². The van der Waals surface area contributed by atoms with E-state index in [1.54, 1.807) is 19.1 Å². The second kappa shape index (κ2) is 8.23. The Bertz CT molecular complexity index is 792. The first-order valence-corrected chi connectivity index (χ1v) is 8.05. The summed E-state index contributed by atoms with van der Waals surface area (Å²) in [5.41, 5.74) is -0.127. The summed E-state index contributed by atoms with van der Waals surface area (Å²) in [5, 5.41) is 5.47. The van der Waals surface area contributed by atoms with E-state index in [-0.39, 0.29) is 6.54 Å². The Hall–Kier alpha value is -2.54. The van der Waals surface area contributed by atoms with Crippen LogP contribution in [0.2, 0.25) is 5.02 Å². The summed E-state index contributed by atoms with van der Waals surface area (Å²) in [6, 6.07) is 10.2. The standard InChI is InChI=1S/C18H16ClF3N2O2/c1-11(13-3-2-4-14(9-13)18(20,21)22)24-16(25)10-23-17(26)12-5-7-15(19)8-6-12/h2-9,11H,10H2,1H3,(H,23,26)(H,24,25). The van der Waals surface area contributed by atoms with E-state index in [0.717, 1.165) is 12.1 Å². The zero-order valence-electron chi connectivity index (χ0n) is 13.7. The number of carbonyl (C=O) groups is 2. The maximum atomic E-state index is 12.7. The van der Waals surface area contributed by atoms with Crippen LogP contribution in [-0.2, 0) is 11.0 Å². The van der Waals surface area contributed by atoms with Gasteiger partial charge in [0.2, 0.25) is 5.91 Å². The van der Waals surface area contributed by atoms with Crippen molar-refractivity contribution in [3.8, 4) is 0 Å². The molecule has 2 aromatic rings. The average molecular weight is 385 g/mol. The van der Waals surface area contributed by atoms with Crippen molar-refractivity contribution in [1.82, 2.24) is 10.6 Å². The van der Waals surface area contributed by atoms with E-state index in [4.69, 9.17) is 11.6 Å². The summed E-state index contributed by atoms with van der Waals surface area (Å²) in [6.45, 7) is 1.26. The van der Waals surface area contributed by atoms with E-state index in [2.05, 4.69) is 10.6 Å². The summed E-state index contributed by atoms with van der Waals surface area (Å²) in [7, 11) is 0. The Morgan fingerprint density at radius 2 is 1.77 bits per heavy atom. The van der Waals surface area contributed by atoms with Gasteiger partial charge in [0, 0.05) is 10.6 Å². The van der Waals surface area contributed by atoms with E-state index in [1.807, 2.05) is 0 Å². The lowest BCUT2D eigenvalue weighted by molar-refractivity contribution is -0.137. The van der Waals surface area contributed by atoms with Crippen molar-refractivity contribution in [2.75, 3.05) is 6.54 Å². The minimum Gasteiger partial charge on any atom is -0.348 e. The van der Waals surface area contributed by atoms with Crippen molar-refractivity contribution in [3.05, 3.63) is 70.2 Å². The predicted molar refractivity (Wildman–Crippen MR) is 91.8 cm³/mol. The SMILES string of the molecule is CC(NC(=O)CNC(=O)c1ccc(Cl)cc1)c1cccc(C(F)(F)F)c1. The fourth-order valence-electron chi connectivity index (χ4n) is 2.22. The van der Waals surface area contributed by atoms with E-state index < -0.39 is 29.6 Å². The molecular formula is C18H16ClF3N2O2. The van der Waals surface area contributed by atoms with Crippen LogP contribution < -0.4 is 10.6 Å². The maximum absolute atomic E-state index is 12.7. The molecule has 138 valence electrons. The molecule has 0 aliphatic carbocycles. The molecule has 0 aromatic heterocycles. The molecule has 26 heavy (non-hydrogen) atoms. The highest BCUT2D eigenvalue weighted by Gasteiger charge is 2.30. The van der Waals surface area contributed by atoms with Gasteiger partial charge < -0.3 is 10.6 Å². The number of amides is 2. The van der Waals surface area contributed by atoms with Crippen LogP contribution in [0.3, 0.4) is 0 Å². The molecule has 0 bridgehead atoms. The van der Waals surface area contributed by atoms with Crippen molar-refractivity contribution in [2.45, 2.75) is 19.1 Å². The molecule has 0 heterocycles. The molecule has 2 rings (SSSR count). The number of carbonyl (C=O) groups excluding carboxylic acids is 2. The number of benzene rings is 2. The van der Waals surface area contributed by atoms with Gasteiger partial charge in [0.1, 0.15) is 0 Å². The lowest BCUT2D eigenvalue weighted by Gasteiger charge is -2.16. The largest absolute Gasteiger partial charge is 0.416 e. The molecule has 2 N–H and O–H groups in total. The Balaban J connectivity index is 1.91. The molecule has 8 heteroatoms. The average Bonchev–Trinajstić information content (AvgIpc) is 2.59. The normalized spacial score (nSPS) is 12.3.